The number of halogens is 4. The van der Waals surface area contributed by atoms with Gasteiger partial charge < -0.3 is 10.1 Å². The molecular formula is C16H12BrF3N2O3. The summed E-state index contributed by atoms with van der Waals surface area (Å²) in [4.78, 5) is 27.7. The van der Waals surface area contributed by atoms with E-state index in [9.17, 15) is 22.8 Å². The van der Waals surface area contributed by atoms with E-state index < -0.39 is 29.7 Å². The van der Waals surface area contributed by atoms with Crippen molar-refractivity contribution in [1.29, 1.82) is 0 Å². The highest BCUT2D eigenvalue weighted by Gasteiger charge is 2.30. The highest BCUT2D eigenvalue weighted by atomic mass is 79.9. The Morgan fingerprint density at radius 2 is 1.84 bits per heavy atom. The second-order valence-electron chi connectivity index (χ2n) is 5.00. The number of benzene rings is 1. The van der Waals surface area contributed by atoms with Crippen molar-refractivity contribution in [2.75, 3.05) is 5.32 Å². The number of hydrogen-bond acceptors (Lipinski definition) is 4. The van der Waals surface area contributed by atoms with Crippen molar-refractivity contribution < 1.29 is 27.5 Å². The summed E-state index contributed by atoms with van der Waals surface area (Å²) in [5.74, 6) is -1.42. The third-order valence-corrected chi connectivity index (χ3v) is 3.51. The molecule has 0 fully saturated rings. The van der Waals surface area contributed by atoms with Crippen molar-refractivity contribution in [3.8, 4) is 0 Å². The van der Waals surface area contributed by atoms with Crippen LogP contribution in [-0.4, -0.2) is 23.0 Å². The van der Waals surface area contributed by atoms with Crippen LogP contribution in [0.4, 0.5) is 18.9 Å². The Morgan fingerprint density at radius 3 is 2.40 bits per heavy atom. The monoisotopic (exact) mass is 416 g/mol. The molecule has 1 heterocycles. The summed E-state index contributed by atoms with van der Waals surface area (Å²) in [5, 5.41) is 2.38. The van der Waals surface area contributed by atoms with E-state index in [0.29, 0.717) is 4.47 Å². The molecule has 25 heavy (non-hydrogen) atoms. The molecular weight excluding hydrogens is 405 g/mol. The summed E-state index contributed by atoms with van der Waals surface area (Å²) < 4.78 is 43.1. The van der Waals surface area contributed by atoms with Crippen molar-refractivity contribution in [1.82, 2.24) is 4.98 Å². The Kier molecular flexibility index (Phi) is 5.78. The highest BCUT2D eigenvalue weighted by Crippen LogP contribution is 2.29. The summed E-state index contributed by atoms with van der Waals surface area (Å²) in [6.45, 7) is 1.35. The maximum absolute atomic E-state index is 12.5. The van der Waals surface area contributed by atoms with Crippen LogP contribution in [0.2, 0.25) is 0 Å². The van der Waals surface area contributed by atoms with E-state index in [1.807, 2.05) is 0 Å². The molecule has 9 heteroatoms. The van der Waals surface area contributed by atoms with Crippen LogP contribution >= 0.6 is 15.9 Å². The first-order valence-corrected chi connectivity index (χ1v) is 7.76. The van der Waals surface area contributed by atoms with Crippen LogP contribution in [0.25, 0.3) is 0 Å². The molecule has 1 atom stereocenters. The molecule has 1 aromatic heterocycles. The van der Waals surface area contributed by atoms with Crippen molar-refractivity contribution in [3.63, 3.8) is 0 Å². The smallest absolute Gasteiger partial charge is 0.416 e. The number of pyridine rings is 1. The van der Waals surface area contributed by atoms with Gasteiger partial charge in [-0.05, 0) is 53.2 Å². The molecule has 1 N–H and O–H groups in total. The Balaban J connectivity index is 1.97. The SMILES string of the molecule is C[C@@H](OC(=O)c1cncc(Br)c1)C(=O)Nc1ccc(C(F)(F)F)cc1. The van der Waals surface area contributed by atoms with E-state index in [0.717, 1.165) is 24.3 Å². The number of nitrogens with one attached hydrogen (secondary N) is 1. The van der Waals surface area contributed by atoms with E-state index in [-0.39, 0.29) is 11.3 Å². The maximum atomic E-state index is 12.5. The zero-order valence-electron chi connectivity index (χ0n) is 12.8. The minimum atomic E-state index is -4.46. The molecule has 132 valence electrons. The molecule has 0 aliphatic heterocycles. The summed E-state index contributed by atoms with van der Waals surface area (Å²) in [7, 11) is 0. The number of rotatable bonds is 4. The van der Waals surface area contributed by atoms with Crippen LogP contribution in [0.5, 0.6) is 0 Å². The van der Waals surface area contributed by atoms with Crippen LogP contribution in [0.15, 0.2) is 47.2 Å². The zero-order valence-corrected chi connectivity index (χ0v) is 14.4. The summed E-state index contributed by atoms with van der Waals surface area (Å²) in [6.07, 6.45) is -2.83. The minimum absolute atomic E-state index is 0.156. The predicted molar refractivity (Wildman–Crippen MR) is 86.9 cm³/mol. The van der Waals surface area contributed by atoms with Crippen molar-refractivity contribution in [2.45, 2.75) is 19.2 Å². The third-order valence-electron chi connectivity index (χ3n) is 3.07. The minimum Gasteiger partial charge on any atom is -0.449 e. The largest absolute Gasteiger partial charge is 0.449 e. The maximum Gasteiger partial charge on any atom is 0.416 e. The molecule has 5 nitrogen and oxygen atoms in total. The Hall–Kier alpha value is -2.42. The number of hydrogen-bond donors (Lipinski definition) is 1. The topological polar surface area (TPSA) is 68.3 Å². The molecule has 0 saturated heterocycles. The molecule has 0 aliphatic rings. The van der Waals surface area contributed by atoms with Gasteiger partial charge in [-0.3, -0.25) is 9.78 Å². The number of amides is 1. The van der Waals surface area contributed by atoms with Gasteiger partial charge in [0.1, 0.15) is 0 Å². The van der Waals surface area contributed by atoms with Crippen molar-refractivity contribution in [3.05, 3.63) is 58.3 Å². The number of aromatic nitrogens is 1. The second kappa shape index (κ2) is 7.64. The summed E-state index contributed by atoms with van der Waals surface area (Å²) >= 11 is 3.16. The van der Waals surface area contributed by atoms with E-state index in [1.54, 1.807) is 0 Å². The number of alkyl halides is 3. The lowest BCUT2D eigenvalue weighted by atomic mass is 10.2. The zero-order chi connectivity index (χ0) is 18.6. The number of esters is 1. The van der Waals surface area contributed by atoms with Crippen LogP contribution in [-0.2, 0) is 15.7 Å². The fourth-order valence-electron chi connectivity index (χ4n) is 1.79. The normalized spacial score (nSPS) is 12.4. The molecule has 2 rings (SSSR count). The highest BCUT2D eigenvalue weighted by molar-refractivity contribution is 9.10. The molecule has 2 aromatic rings. The molecule has 0 saturated carbocycles. The fraction of sp³-hybridized carbons (Fsp3) is 0.188. The van der Waals surface area contributed by atoms with Crippen molar-refractivity contribution in [2.24, 2.45) is 0 Å². The number of carbonyl (C=O) groups is 2. The third kappa shape index (κ3) is 5.28. The van der Waals surface area contributed by atoms with Gasteiger partial charge in [0.15, 0.2) is 6.10 Å². The summed E-state index contributed by atoms with van der Waals surface area (Å²) in [6, 6.07) is 5.41. The van der Waals surface area contributed by atoms with Gasteiger partial charge >= 0.3 is 12.1 Å². The average molecular weight is 417 g/mol. The first-order chi connectivity index (χ1) is 11.7. The molecule has 0 aliphatic carbocycles. The lowest BCUT2D eigenvalue weighted by molar-refractivity contribution is -0.137. The fourth-order valence-corrected chi connectivity index (χ4v) is 2.16. The van der Waals surface area contributed by atoms with Crippen LogP contribution in [0.3, 0.4) is 0 Å². The van der Waals surface area contributed by atoms with Gasteiger partial charge in [0.05, 0.1) is 11.1 Å². The average Bonchev–Trinajstić information content (AvgIpc) is 2.54. The molecule has 0 radical (unpaired) electrons. The van der Waals surface area contributed by atoms with Gasteiger partial charge in [-0.15, -0.1) is 0 Å². The van der Waals surface area contributed by atoms with Gasteiger partial charge in [0.2, 0.25) is 0 Å². The van der Waals surface area contributed by atoms with Gasteiger partial charge in [0.25, 0.3) is 5.91 Å². The molecule has 1 aromatic carbocycles. The molecule has 0 unspecified atom stereocenters. The standard InChI is InChI=1S/C16H12BrF3N2O3/c1-9(25-15(24)10-6-12(17)8-21-7-10)14(23)22-13-4-2-11(3-5-13)16(18,19)20/h2-9H,1H3,(H,22,23)/t9-/m1/s1. The second-order valence-corrected chi connectivity index (χ2v) is 5.92. The van der Waals surface area contributed by atoms with Gasteiger partial charge in [-0.25, -0.2) is 4.79 Å². The van der Waals surface area contributed by atoms with Crippen LogP contribution in [0.1, 0.15) is 22.8 Å². The van der Waals surface area contributed by atoms with E-state index in [2.05, 4.69) is 26.2 Å². The van der Waals surface area contributed by atoms with Crippen LogP contribution in [0, 0.1) is 0 Å². The summed E-state index contributed by atoms with van der Waals surface area (Å²) in [5.41, 5.74) is -0.513. The first kappa shape index (κ1) is 18.9. The molecule has 0 bridgehead atoms. The van der Waals surface area contributed by atoms with Gasteiger partial charge in [-0.2, -0.15) is 13.2 Å². The van der Waals surface area contributed by atoms with E-state index in [4.69, 9.17) is 4.74 Å². The Labute approximate surface area is 149 Å². The predicted octanol–water partition coefficient (Wildman–Crippen LogP) is 4.05. The number of carbonyl (C=O) groups excluding carboxylic acids is 2. The first-order valence-electron chi connectivity index (χ1n) is 6.96. The van der Waals surface area contributed by atoms with Gasteiger partial charge in [0, 0.05) is 22.6 Å². The molecule has 0 spiro atoms. The number of nitrogens with zero attached hydrogens (tertiary/aromatic N) is 1. The van der Waals surface area contributed by atoms with Crippen molar-refractivity contribution >= 4 is 33.5 Å². The van der Waals surface area contributed by atoms with E-state index >= 15 is 0 Å². The Morgan fingerprint density at radius 1 is 1.20 bits per heavy atom. The lowest BCUT2D eigenvalue weighted by Gasteiger charge is -2.14. The number of ether oxygens (including phenoxy) is 1. The van der Waals surface area contributed by atoms with Crippen LogP contribution < -0.4 is 5.32 Å². The quantitative estimate of drug-likeness (QED) is 0.763. The number of anilines is 1. The lowest BCUT2D eigenvalue weighted by Crippen LogP contribution is -2.30. The van der Waals surface area contributed by atoms with E-state index in [1.165, 1.54) is 25.4 Å². The van der Waals surface area contributed by atoms with Gasteiger partial charge in [-0.1, -0.05) is 0 Å². The Bertz CT molecular complexity index is 779. The molecule has 1 amide bonds.